The Morgan fingerprint density at radius 2 is 1.88 bits per heavy atom. The third kappa shape index (κ3) is 5.19. The summed E-state index contributed by atoms with van der Waals surface area (Å²) in [4.78, 5) is 52.5. The van der Waals surface area contributed by atoms with Crippen molar-refractivity contribution in [3.8, 4) is 0 Å². The van der Waals surface area contributed by atoms with E-state index >= 15 is 0 Å². The van der Waals surface area contributed by atoms with Gasteiger partial charge in [0.05, 0.1) is 18.3 Å². The molecule has 3 aliphatic rings. The fourth-order valence-electron chi connectivity index (χ4n) is 7.02. The largest absolute Gasteiger partial charge is 0.481 e. The first-order chi connectivity index (χ1) is 19.4. The smallest absolute Gasteiger partial charge is 0.308 e. The third-order valence-corrected chi connectivity index (χ3v) is 10.0. The molecule has 3 aromatic rings. The lowest BCUT2D eigenvalue weighted by atomic mass is 9.78. The molecule has 6 rings (SSSR count). The van der Waals surface area contributed by atoms with E-state index in [-0.39, 0.29) is 42.9 Å². The van der Waals surface area contributed by atoms with Crippen LogP contribution in [0.5, 0.6) is 0 Å². The Morgan fingerprint density at radius 1 is 1.07 bits per heavy atom. The molecule has 0 bridgehead atoms. The summed E-state index contributed by atoms with van der Waals surface area (Å²) in [7, 11) is 0. The Kier molecular flexibility index (Phi) is 7.49. The van der Waals surface area contributed by atoms with Gasteiger partial charge in [0.15, 0.2) is 0 Å². The molecule has 1 saturated carbocycles. The van der Waals surface area contributed by atoms with E-state index in [2.05, 4.69) is 10.6 Å². The molecule has 3 heterocycles. The molecule has 3 N–H and O–H groups in total. The van der Waals surface area contributed by atoms with Crippen molar-refractivity contribution in [2.75, 3.05) is 0 Å². The number of carbonyl (C=O) groups excluding carboxylic acids is 3. The monoisotopic (exact) mass is 561 g/mol. The molecular weight excluding hydrogens is 526 g/mol. The summed E-state index contributed by atoms with van der Waals surface area (Å²) >= 11 is 1.61. The first-order valence-corrected chi connectivity index (χ1v) is 15.2. The highest BCUT2D eigenvalue weighted by molar-refractivity contribution is 7.17. The number of Topliss-reactive ketones (excluding diaryl/α,β-unsaturated/α-hetero) is 1. The van der Waals surface area contributed by atoms with Crippen molar-refractivity contribution < 1.29 is 24.3 Å². The van der Waals surface area contributed by atoms with E-state index in [0.29, 0.717) is 12.8 Å². The average molecular weight is 562 g/mol. The fraction of sp³-hybridized carbons (Fsp3) is 0.484. The van der Waals surface area contributed by atoms with Crippen LogP contribution in [0.4, 0.5) is 0 Å². The van der Waals surface area contributed by atoms with Gasteiger partial charge >= 0.3 is 5.97 Å². The predicted octanol–water partition coefficient (Wildman–Crippen LogP) is 4.20. The van der Waals surface area contributed by atoms with E-state index in [4.69, 9.17) is 0 Å². The van der Waals surface area contributed by atoms with Gasteiger partial charge in [-0.1, -0.05) is 37.5 Å². The lowest BCUT2D eigenvalue weighted by molar-refractivity contribution is -0.144. The highest BCUT2D eigenvalue weighted by Gasteiger charge is 2.43. The Hall–Kier alpha value is -3.46. The molecule has 2 aliphatic carbocycles. The molecule has 9 heteroatoms. The van der Waals surface area contributed by atoms with Gasteiger partial charge in [0, 0.05) is 35.6 Å². The van der Waals surface area contributed by atoms with Gasteiger partial charge in [-0.2, -0.15) is 0 Å². The number of hydrogen-bond acceptors (Lipinski definition) is 5. The number of carboxylic acids is 1. The summed E-state index contributed by atoms with van der Waals surface area (Å²) < 4.78 is 3.03. The number of rotatable bonds is 7. The number of aliphatic carboxylic acids is 1. The van der Waals surface area contributed by atoms with Crippen LogP contribution in [0, 0.1) is 11.8 Å². The molecule has 210 valence electrons. The van der Waals surface area contributed by atoms with Crippen molar-refractivity contribution >= 4 is 45.0 Å². The number of nitrogens with zero attached hydrogens (tertiary/aromatic N) is 1. The molecule has 0 radical (unpaired) electrons. The minimum atomic E-state index is -0.978. The summed E-state index contributed by atoms with van der Waals surface area (Å²) in [5.41, 5.74) is 2.85. The van der Waals surface area contributed by atoms with Gasteiger partial charge in [0.25, 0.3) is 0 Å². The molecule has 8 nitrogen and oxygen atoms in total. The van der Waals surface area contributed by atoms with E-state index in [1.54, 1.807) is 11.3 Å². The second-order valence-corrected chi connectivity index (χ2v) is 12.5. The van der Waals surface area contributed by atoms with Crippen LogP contribution < -0.4 is 10.6 Å². The Morgan fingerprint density at radius 3 is 2.67 bits per heavy atom. The van der Waals surface area contributed by atoms with Crippen LogP contribution in [0.15, 0.2) is 41.9 Å². The first-order valence-electron chi connectivity index (χ1n) is 14.4. The Bertz CT molecular complexity index is 1450. The van der Waals surface area contributed by atoms with Crippen LogP contribution in [0.1, 0.15) is 67.7 Å². The summed E-state index contributed by atoms with van der Waals surface area (Å²) in [5, 5.41) is 19.0. The Balaban J connectivity index is 1.22. The highest BCUT2D eigenvalue weighted by Crippen LogP contribution is 2.38. The van der Waals surface area contributed by atoms with Gasteiger partial charge in [-0.15, -0.1) is 11.3 Å². The number of amides is 2. The lowest BCUT2D eigenvalue weighted by Gasteiger charge is -2.35. The van der Waals surface area contributed by atoms with Crippen LogP contribution in [0.25, 0.3) is 10.1 Å². The molecule has 1 fully saturated rings. The van der Waals surface area contributed by atoms with E-state index in [1.165, 1.54) is 0 Å². The third-order valence-electron chi connectivity index (χ3n) is 9.04. The predicted molar refractivity (Wildman–Crippen MR) is 152 cm³/mol. The summed E-state index contributed by atoms with van der Waals surface area (Å²) in [6.07, 6.45) is 8.26. The maximum absolute atomic E-state index is 13.9. The maximum atomic E-state index is 13.9. The summed E-state index contributed by atoms with van der Waals surface area (Å²) in [5.74, 6) is -2.86. The van der Waals surface area contributed by atoms with Crippen molar-refractivity contribution in [1.29, 1.82) is 0 Å². The van der Waals surface area contributed by atoms with E-state index in [9.17, 15) is 24.3 Å². The topological polar surface area (TPSA) is 118 Å². The SMILES string of the molecule is O=C(Cc1csc2ccccc12)NC(C(=O)N[C@H]1CCc2ccn3c2C1C(=O)C[C@H](C(=O)O)C3)C1CCCCC1. The molecule has 0 spiro atoms. The van der Waals surface area contributed by atoms with Gasteiger partial charge in [0.2, 0.25) is 11.8 Å². The minimum Gasteiger partial charge on any atom is -0.481 e. The zero-order valence-corrected chi connectivity index (χ0v) is 23.3. The molecule has 40 heavy (non-hydrogen) atoms. The highest BCUT2D eigenvalue weighted by atomic mass is 32.1. The lowest BCUT2D eigenvalue weighted by Crippen LogP contribution is -2.55. The van der Waals surface area contributed by atoms with Crippen LogP contribution in [-0.4, -0.2) is 45.3 Å². The first kappa shape index (κ1) is 26.7. The van der Waals surface area contributed by atoms with Crippen LogP contribution >= 0.6 is 11.3 Å². The maximum Gasteiger partial charge on any atom is 0.308 e. The molecule has 2 amide bonds. The number of benzene rings is 1. The van der Waals surface area contributed by atoms with Crippen molar-refractivity contribution in [3.05, 3.63) is 58.7 Å². The number of ketones is 1. The summed E-state index contributed by atoms with van der Waals surface area (Å²) in [6, 6.07) is 8.88. The molecule has 2 aromatic heterocycles. The number of fused-ring (bicyclic) bond motifs is 1. The zero-order valence-electron chi connectivity index (χ0n) is 22.4. The van der Waals surface area contributed by atoms with Gasteiger partial charge in [-0.3, -0.25) is 19.2 Å². The van der Waals surface area contributed by atoms with Crippen molar-refractivity contribution in [1.82, 2.24) is 15.2 Å². The van der Waals surface area contributed by atoms with Crippen LogP contribution in [0.2, 0.25) is 0 Å². The van der Waals surface area contributed by atoms with Crippen molar-refractivity contribution in [2.24, 2.45) is 11.8 Å². The van der Waals surface area contributed by atoms with Gasteiger partial charge in [0.1, 0.15) is 11.8 Å². The van der Waals surface area contributed by atoms with Gasteiger partial charge in [-0.05, 0) is 65.6 Å². The molecule has 0 saturated heterocycles. The number of carboxylic acid groups (broad SMARTS) is 1. The number of carbonyl (C=O) groups is 4. The fourth-order valence-corrected chi connectivity index (χ4v) is 7.98. The van der Waals surface area contributed by atoms with E-state index < -0.39 is 29.9 Å². The number of nitrogens with one attached hydrogen (secondary N) is 2. The average Bonchev–Trinajstić information content (AvgIpc) is 3.51. The Labute approximate surface area is 237 Å². The molecular formula is C31H35N3O5S. The quantitative estimate of drug-likeness (QED) is 0.400. The molecule has 4 atom stereocenters. The van der Waals surface area contributed by atoms with Crippen molar-refractivity contribution in [3.63, 3.8) is 0 Å². The number of thiophene rings is 1. The van der Waals surface area contributed by atoms with E-state index in [0.717, 1.165) is 59.0 Å². The number of aryl methyl sites for hydroxylation is 1. The second kappa shape index (κ2) is 11.2. The van der Waals surface area contributed by atoms with Crippen LogP contribution in [0.3, 0.4) is 0 Å². The molecule has 1 aliphatic heterocycles. The van der Waals surface area contributed by atoms with E-state index in [1.807, 2.05) is 46.5 Å². The standard InChI is InChI=1S/C31H35N3O5S/c35-24-14-20(31(38)39)16-34-13-12-19-10-11-23(27(24)29(19)34)32-30(37)28(18-6-2-1-3-7-18)33-26(36)15-21-17-40-25-9-5-4-8-22(21)25/h4-5,8-9,12-13,17-18,20,23,27-28H,1-3,6-7,10-11,14-16H2,(H,32,37)(H,33,36)(H,38,39)/t20-,23-,27?,28?/m0/s1. The van der Waals surface area contributed by atoms with Gasteiger partial charge < -0.3 is 20.3 Å². The summed E-state index contributed by atoms with van der Waals surface area (Å²) in [6.45, 7) is 0.256. The normalized spacial score (nSPS) is 23.7. The van der Waals surface area contributed by atoms with Crippen molar-refractivity contribution in [2.45, 2.75) is 82.3 Å². The molecule has 1 aromatic carbocycles. The molecule has 2 unspecified atom stereocenters. The minimum absolute atomic E-state index is 0.0427. The second-order valence-electron chi connectivity index (χ2n) is 11.6. The van der Waals surface area contributed by atoms with Gasteiger partial charge in [-0.25, -0.2) is 0 Å². The number of hydrogen-bond donors (Lipinski definition) is 3. The van der Waals surface area contributed by atoms with Crippen LogP contribution in [-0.2, 0) is 38.6 Å². The number of aromatic nitrogens is 1. The zero-order chi connectivity index (χ0) is 27.8.